The highest BCUT2D eigenvalue weighted by Crippen LogP contribution is 2.29. The minimum absolute atomic E-state index is 0.0692. The van der Waals surface area contributed by atoms with Crippen molar-refractivity contribution < 1.29 is 9.13 Å². The molecule has 0 aliphatic carbocycles. The van der Waals surface area contributed by atoms with E-state index in [1.165, 1.54) is 6.07 Å². The number of halogens is 2. The van der Waals surface area contributed by atoms with Crippen LogP contribution in [0.25, 0.3) is 0 Å². The summed E-state index contributed by atoms with van der Waals surface area (Å²) in [5.41, 5.74) is 7.47. The van der Waals surface area contributed by atoms with E-state index in [0.29, 0.717) is 35.9 Å². The van der Waals surface area contributed by atoms with Gasteiger partial charge in [0, 0.05) is 5.92 Å². The molecule has 4 heteroatoms. The van der Waals surface area contributed by atoms with Crippen molar-refractivity contribution in [3.63, 3.8) is 0 Å². The van der Waals surface area contributed by atoms with Gasteiger partial charge in [0.15, 0.2) is 0 Å². The molecule has 0 aromatic heterocycles. The first-order valence-electron chi connectivity index (χ1n) is 7.01. The molecule has 1 atom stereocenters. The molecular formula is C17H19ClFNO. The summed E-state index contributed by atoms with van der Waals surface area (Å²) in [6.45, 7) is 2.86. The molecule has 0 fully saturated rings. The fraction of sp³-hybridized carbons (Fsp3) is 0.294. The quantitative estimate of drug-likeness (QED) is 0.869. The zero-order valence-electron chi connectivity index (χ0n) is 12.0. The SMILES string of the molecule is CCOc1ccc(CC(CN)c2ccccc2F)cc1Cl. The fourth-order valence-electron chi connectivity index (χ4n) is 2.35. The van der Waals surface area contributed by atoms with Gasteiger partial charge in [-0.25, -0.2) is 4.39 Å². The van der Waals surface area contributed by atoms with E-state index in [2.05, 4.69) is 0 Å². The molecule has 112 valence electrons. The maximum absolute atomic E-state index is 13.9. The first kappa shape index (κ1) is 15.8. The van der Waals surface area contributed by atoms with Crippen LogP contribution < -0.4 is 10.5 Å². The smallest absolute Gasteiger partial charge is 0.137 e. The van der Waals surface area contributed by atoms with E-state index in [4.69, 9.17) is 22.1 Å². The van der Waals surface area contributed by atoms with Crippen LogP contribution in [0.3, 0.4) is 0 Å². The second-order valence-electron chi connectivity index (χ2n) is 4.86. The van der Waals surface area contributed by atoms with Crippen molar-refractivity contribution in [3.8, 4) is 5.75 Å². The van der Waals surface area contributed by atoms with Crippen molar-refractivity contribution in [1.82, 2.24) is 0 Å². The molecule has 0 amide bonds. The van der Waals surface area contributed by atoms with E-state index in [1.807, 2.05) is 31.2 Å². The lowest BCUT2D eigenvalue weighted by atomic mass is 9.91. The zero-order chi connectivity index (χ0) is 15.2. The van der Waals surface area contributed by atoms with E-state index in [-0.39, 0.29) is 11.7 Å². The third-order valence-corrected chi connectivity index (χ3v) is 3.70. The van der Waals surface area contributed by atoms with Crippen molar-refractivity contribution in [3.05, 3.63) is 64.4 Å². The average Bonchev–Trinajstić information content (AvgIpc) is 2.48. The number of nitrogens with two attached hydrogens (primary N) is 1. The molecule has 1 unspecified atom stereocenters. The molecule has 2 rings (SSSR count). The minimum Gasteiger partial charge on any atom is -0.492 e. The Morgan fingerprint density at radius 1 is 1.24 bits per heavy atom. The Morgan fingerprint density at radius 3 is 2.62 bits per heavy atom. The second-order valence-corrected chi connectivity index (χ2v) is 5.26. The molecule has 0 aliphatic heterocycles. The van der Waals surface area contributed by atoms with Gasteiger partial charge in [-0.05, 0) is 49.2 Å². The number of benzene rings is 2. The molecule has 0 saturated heterocycles. The Bertz CT molecular complexity index is 603. The van der Waals surface area contributed by atoms with Crippen molar-refractivity contribution in [2.45, 2.75) is 19.3 Å². The highest BCUT2D eigenvalue weighted by Gasteiger charge is 2.15. The molecule has 2 aromatic rings. The Balaban J connectivity index is 2.19. The van der Waals surface area contributed by atoms with Crippen molar-refractivity contribution in [2.24, 2.45) is 5.73 Å². The summed E-state index contributed by atoms with van der Waals surface area (Å²) in [5, 5.41) is 0.568. The normalized spacial score (nSPS) is 12.2. The summed E-state index contributed by atoms with van der Waals surface area (Å²) >= 11 is 6.18. The predicted molar refractivity (Wildman–Crippen MR) is 84.5 cm³/mol. The predicted octanol–water partition coefficient (Wildman–Crippen LogP) is 4.16. The van der Waals surface area contributed by atoms with Gasteiger partial charge in [0.1, 0.15) is 11.6 Å². The maximum Gasteiger partial charge on any atom is 0.137 e. The van der Waals surface area contributed by atoms with Crippen LogP contribution in [0, 0.1) is 5.82 Å². The topological polar surface area (TPSA) is 35.2 Å². The van der Waals surface area contributed by atoms with Crippen LogP contribution in [0.4, 0.5) is 4.39 Å². The summed E-state index contributed by atoms with van der Waals surface area (Å²) in [6, 6.07) is 12.4. The van der Waals surface area contributed by atoms with Gasteiger partial charge in [0.05, 0.1) is 11.6 Å². The molecule has 2 nitrogen and oxygen atoms in total. The Hall–Kier alpha value is -1.58. The minimum atomic E-state index is -0.218. The lowest BCUT2D eigenvalue weighted by Gasteiger charge is -2.17. The third-order valence-electron chi connectivity index (χ3n) is 3.41. The third kappa shape index (κ3) is 3.96. The highest BCUT2D eigenvalue weighted by atomic mass is 35.5. The molecule has 2 N–H and O–H groups in total. The molecule has 0 saturated carbocycles. The van der Waals surface area contributed by atoms with Crippen LogP contribution in [0.5, 0.6) is 5.75 Å². The summed E-state index contributed by atoms with van der Waals surface area (Å²) < 4.78 is 19.3. The molecule has 2 aromatic carbocycles. The van der Waals surface area contributed by atoms with Crippen LogP contribution in [0.2, 0.25) is 5.02 Å². The van der Waals surface area contributed by atoms with Gasteiger partial charge in [-0.1, -0.05) is 35.9 Å². The van der Waals surface area contributed by atoms with Gasteiger partial charge < -0.3 is 10.5 Å². The molecule has 0 radical (unpaired) electrons. The van der Waals surface area contributed by atoms with E-state index < -0.39 is 0 Å². The number of hydrogen-bond donors (Lipinski definition) is 1. The Kier molecular flexibility index (Phi) is 5.59. The first-order chi connectivity index (χ1) is 10.2. The van der Waals surface area contributed by atoms with Crippen molar-refractivity contribution >= 4 is 11.6 Å². The maximum atomic E-state index is 13.9. The van der Waals surface area contributed by atoms with E-state index in [9.17, 15) is 4.39 Å². The van der Waals surface area contributed by atoms with Gasteiger partial charge in [-0.15, -0.1) is 0 Å². The number of rotatable bonds is 6. The van der Waals surface area contributed by atoms with E-state index in [0.717, 1.165) is 5.56 Å². The van der Waals surface area contributed by atoms with Crippen molar-refractivity contribution in [1.29, 1.82) is 0 Å². The molecule has 0 bridgehead atoms. The monoisotopic (exact) mass is 307 g/mol. The van der Waals surface area contributed by atoms with Crippen LogP contribution in [-0.2, 0) is 6.42 Å². The molecule has 0 spiro atoms. The van der Waals surface area contributed by atoms with Gasteiger partial charge >= 0.3 is 0 Å². The summed E-state index contributed by atoms with van der Waals surface area (Å²) in [7, 11) is 0. The summed E-state index contributed by atoms with van der Waals surface area (Å²) in [6.07, 6.45) is 0.642. The summed E-state index contributed by atoms with van der Waals surface area (Å²) in [4.78, 5) is 0. The lowest BCUT2D eigenvalue weighted by molar-refractivity contribution is 0.340. The lowest BCUT2D eigenvalue weighted by Crippen LogP contribution is -2.16. The van der Waals surface area contributed by atoms with Crippen LogP contribution in [0.1, 0.15) is 24.0 Å². The zero-order valence-corrected chi connectivity index (χ0v) is 12.7. The van der Waals surface area contributed by atoms with Crippen LogP contribution >= 0.6 is 11.6 Å². The Morgan fingerprint density at radius 2 is 2.00 bits per heavy atom. The van der Waals surface area contributed by atoms with E-state index >= 15 is 0 Å². The average molecular weight is 308 g/mol. The van der Waals surface area contributed by atoms with Gasteiger partial charge in [0.2, 0.25) is 0 Å². The van der Waals surface area contributed by atoms with Crippen LogP contribution in [-0.4, -0.2) is 13.2 Å². The standard InChI is InChI=1S/C17H19ClFNO/c1-2-21-17-8-7-12(10-15(17)18)9-13(11-20)14-5-3-4-6-16(14)19/h3-8,10,13H,2,9,11,20H2,1H3. The van der Waals surface area contributed by atoms with E-state index in [1.54, 1.807) is 12.1 Å². The largest absolute Gasteiger partial charge is 0.492 e. The molecule has 0 aliphatic rings. The van der Waals surface area contributed by atoms with Gasteiger partial charge in [-0.2, -0.15) is 0 Å². The fourth-order valence-corrected chi connectivity index (χ4v) is 2.61. The number of ether oxygens (including phenoxy) is 1. The molecule has 21 heavy (non-hydrogen) atoms. The summed E-state index contributed by atoms with van der Waals surface area (Å²) in [5.74, 6) is 0.378. The van der Waals surface area contributed by atoms with Crippen molar-refractivity contribution in [2.75, 3.05) is 13.2 Å². The van der Waals surface area contributed by atoms with Crippen LogP contribution in [0.15, 0.2) is 42.5 Å². The highest BCUT2D eigenvalue weighted by molar-refractivity contribution is 6.32. The van der Waals surface area contributed by atoms with Gasteiger partial charge in [0.25, 0.3) is 0 Å². The Labute approximate surface area is 129 Å². The first-order valence-corrected chi connectivity index (χ1v) is 7.39. The number of hydrogen-bond acceptors (Lipinski definition) is 2. The second kappa shape index (κ2) is 7.43. The van der Waals surface area contributed by atoms with Gasteiger partial charge in [-0.3, -0.25) is 0 Å². The molecular weight excluding hydrogens is 289 g/mol. The molecule has 0 heterocycles.